The number of nitrogens with zero attached hydrogens (tertiary/aromatic N) is 3. The van der Waals surface area contributed by atoms with Crippen LogP contribution in [0.2, 0.25) is 0 Å². The summed E-state index contributed by atoms with van der Waals surface area (Å²) in [5, 5.41) is 17.1. The zero-order valence-electron chi connectivity index (χ0n) is 14.7. The highest BCUT2D eigenvalue weighted by Crippen LogP contribution is 2.18. The summed E-state index contributed by atoms with van der Waals surface area (Å²) in [5.41, 5.74) is 1.47. The van der Waals surface area contributed by atoms with Crippen LogP contribution in [0.25, 0.3) is 0 Å². The van der Waals surface area contributed by atoms with E-state index in [1.54, 1.807) is 43.5 Å². The molecule has 2 aromatic carbocycles. The third-order valence-electron chi connectivity index (χ3n) is 3.97. The van der Waals surface area contributed by atoms with Gasteiger partial charge in [-0.25, -0.2) is 14.1 Å². The molecule has 7 nitrogen and oxygen atoms in total. The summed E-state index contributed by atoms with van der Waals surface area (Å²) in [7, 11) is 1.57. The quantitative estimate of drug-likeness (QED) is 0.665. The summed E-state index contributed by atoms with van der Waals surface area (Å²) >= 11 is 0. The highest BCUT2D eigenvalue weighted by Gasteiger charge is 2.14. The Labute approximate surface area is 155 Å². The maximum absolute atomic E-state index is 12.9. The minimum absolute atomic E-state index is 0.000886. The molecule has 8 heteroatoms. The van der Waals surface area contributed by atoms with Gasteiger partial charge in [0, 0.05) is 6.54 Å². The summed E-state index contributed by atoms with van der Waals surface area (Å²) in [6.45, 7) is 0.396. The number of ether oxygens (including phenoxy) is 1. The van der Waals surface area contributed by atoms with Crippen LogP contribution in [0.4, 0.5) is 4.39 Å². The predicted octanol–water partition coefficient (Wildman–Crippen LogP) is 2.09. The van der Waals surface area contributed by atoms with Gasteiger partial charge in [0.2, 0.25) is 5.82 Å². The van der Waals surface area contributed by atoms with Gasteiger partial charge in [-0.2, -0.15) is 0 Å². The van der Waals surface area contributed by atoms with Crippen molar-refractivity contribution in [1.29, 1.82) is 0 Å². The SMILES string of the molecule is COc1ccc([C@@H](O)Cn2cnc(C(=O)NCc3ccc(F)cc3)n2)cc1. The van der Waals surface area contributed by atoms with Crippen molar-refractivity contribution in [2.24, 2.45) is 0 Å². The third kappa shape index (κ3) is 4.89. The first kappa shape index (κ1) is 18.5. The zero-order chi connectivity index (χ0) is 19.2. The molecule has 0 spiro atoms. The van der Waals surface area contributed by atoms with E-state index in [1.165, 1.54) is 23.1 Å². The van der Waals surface area contributed by atoms with E-state index in [0.717, 1.165) is 5.56 Å². The minimum Gasteiger partial charge on any atom is -0.497 e. The number of hydrogen-bond acceptors (Lipinski definition) is 5. The second-order valence-electron chi connectivity index (χ2n) is 5.89. The number of benzene rings is 2. The fourth-order valence-electron chi connectivity index (χ4n) is 2.46. The van der Waals surface area contributed by atoms with Gasteiger partial charge in [-0.05, 0) is 35.4 Å². The van der Waals surface area contributed by atoms with Gasteiger partial charge in [0.05, 0.1) is 19.8 Å². The van der Waals surface area contributed by atoms with Crippen molar-refractivity contribution in [3.05, 3.63) is 77.6 Å². The van der Waals surface area contributed by atoms with Crippen molar-refractivity contribution in [3.63, 3.8) is 0 Å². The molecule has 27 heavy (non-hydrogen) atoms. The molecule has 0 radical (unpaired) electrons. The van der Waals surface area contributed by atoms with Gasteiger partial charge in [0.25, 0.3) is 5.91 Å². The Bertz CT molecular complexity index is 894. The molecule has 2 N–H and O–H groups in total. The Morgan fingerprint density at radius 2 is 1.93 bits per heavy atom. The van der Waals surface area contributed by atoms with E-state index in [0.29, 0.717) is 11.3 Å². The van der Waals surface area contributed by atoms with E-state index in [4.69, 9.17) is 4.74 Å². The summed E-state index contributed by atoms with van der Waals surface area (Å²) in [4.78, 5) is 16.1. The van der Waals surface area contributed by atoms with Crippen molar-refractivity contribution in [2.45, 2.75) is 19.2 Å². The van der Waals surface area contributed by atoms with Crippen molar-refractivity contribution >= 4 is 5.91 Å². The van der Waals surface area contributed by atoms with Crippen molar-refractivity contribution < 1.29 is 19.0 Å². The number of rotatable bonds is 7. The zero-order valence-corrected chi connectivity index (χ0v) is 14.7. The van der Waals surface area contributed by atoms with Crippen LogP contribution in [0.3, 0.4) is 0 Å². The first-order valence-electron chi connectivity index (χ1n) is 8.29. The fourth-order valence-corrected chi connectivity index (χ4v) is 2.46. The van der Waals surface area contributed by atoms with Crippen molar-refractivity contribution in [2.75, 3.05) is 7.11 Å². The van der Waals surface area contributed by atoms with Crippen LogP contribution in [0.1, 0.15) is 27.8 Å². The molecule has 0 aliphatic rings. The maximum atomic E-state index is 12.9. The van der Waals surface area contributed by atoms with E-state index >= 15 is 0 Å². The summed E-state index contributed by atoms with van der Waals surface area (Å²) < 4.78 is 19.4. The van der Waals surface area contributed by atoms with E-state index in [-0.39, 0.29) is 24.7 Å². The molecule has 1 amide bonds. The average Bonchev–Trinajstić information content (AvgIpc) is 3.16. The lowest BCUT2D eigenvalue weighted by Gasteiger charge is -2.11. The normalized spacial score (nSPS) is 11.8. The summed E-state index contributed by atoms with van der Waals surface area (Å²) in [5.74, 6) is -0.0798. The van der Waals surface area contributed by atoms with E-state index in [9.17, 15) is 14.3 Å². The molecule has 0 saturated carbocycles. The minimum atomic E-state index is -0.798. The van der Waals surface area contributed by atoms with E-state index in [2.05, 4.69) is 15.4 Å². The van der Waals surface area contributed by atoms with Gasteiger partial charge >= 0.3 is 0 Å². The van der Waals surface area contributed by atoms with Crippen LogP contribution < -0.4 is 10.1 Å². The first-order chi connectivity index (χ1) is 13.0. The predicted molar refractivity (Wildman–Crippen MR) is 95.5 cm³/mol. The number of hydrogen-bond donors (Lipinski definition) is 2. The summed E-state index contributed by atoms with van der Waals surface area (Å²) in [6.07, 6.45) is 0.590. The molecule has 0 saturated heterocycles. The topological polar surface area (TPSA) is 89.3 Å². The molecule has 1 atom stereocenters. The van der Waals surface area contributed by atoms with Crippen molar-refractivity contribution in [1.82, 2.24) is 20.1 Å². The number of carbonyl (C=O) groups is 1. The first-order valence-corrected chi connectivity index (χ1v) is 8.29. The second-order valence-corrected chi connectivity index (χ2v) is 5.89. The lowest BCUT2D eigenvalue weighted by molar-refractivity contribution is 0.0938. The monoisotopic (exact) mass is 370 g/mol. The largest absolute Gasteiger partial charge is 0.497 e. The molecule has 1 aromatic heterocycles. The fraction of sp³-hybridized carbons (Fsp3) is 0.211. The third-order valence-corrected chi connectivity index (χ3v) is 3.97. The molecule has 140 valence electrons. The average molecular weight is 370 g/mol. The second kappa shape index (κ2) is 8.41. The number of aromatic nitrogens is 3. The van der Waals surface area contributed by atoms with Gasteiger partial charge in [-0.15, -0.1) is 5.10 Å². The van der Waals surface area contributed by atoms with Crippen LogP contribution in [-0.2, 0) is 13.1 Å². The summed E-state index contributed by atoms with van der Waals surface area (Å²) in [6, 6.07) is 12.9. The number of methoxy groups -OCH3 is 1. The molecule has 0 unspecified atom stereocenters. The standard InChI is InChI=1S/C19H19FN4O3/c1-27-16-8-4-14(5-9-16)17(25)11-24-12-22-18(23-24)19(26)21-10-13-2-6-15(20)7-3-13/h2-9,12,17,25H,10-11H2,1H3,(H,21,26)/t17-/m0/s1. The Balaban J connectivity index is 1.56. The highest BCUT2D eigenvalue weighted by molar-refractivity contribution is 5.90. The molecule has 0 bridgehead atoms. The maximum Gasteiger partial charge on any atom is 0.291 e. The van der Waals surface area contributed by atoms with Crippen molar-refractivity contribution in [3.8, 4) is 5.75 Å². The Morgan fingerprint density at radius 3 is 2.59 bits per heavy atom. The van der Waals surface area contributed by atoms with E-state index < -0.39 is 12.0 Å². The highest BCUT2D eigenvalue weighted by atomic mass is 19.1. The number of nitrogens with one attached hydrogen (secondary N) is 1. The molecule has 0 aliphatic heterocycles. The van der Waals surface area contributed by atoms with Gasteiger partial charge < -0.3 is 15.2 Å². The van der Waals surface area contributed by atoms with Crippen LogP contribution in [0, 0.1) is 5.82 Å². The molecular formula is C19H19FN4O3. The van der Waals surface area contributed by atoms with E-state index in [1.807, 2.05) is 0 Å². The Hall–Kier alpha value is -3.26. The molecule has 3 aromatic rings. The Kier molecular flexibility index (Phi) is 5.77. The molecule has 0 fully saturated rings. The molecule has 1 heterocycles. The number of aliphatic hydroxyl groups excluding tert-OH is 1. The van der Waals surface area contributed by atoms with Gasteiger partial charge in [0.15, 0.2) is 0 Å². The number of carbonyl (C=O) groups excluding carboxylic acids is 1. The van der Waals surface area contributed by atoms with Crippen LogP contribution in [-0.4, -0.2) is 32.9 Å². The molecule has 0 aliphatic carbocycles. The smallest absolute Gasteiger partial charge is 0.291 e. The van der Waals surface area contributed by atoms with Crippen LogP contribution in [0.5, 0.6) is 5.75 Å². The molecular weight excluding hydrogens is 351 g/mol. The molecule has 3 rings (SSSR count). The number of halogens is 1. The Morgan fingerprint density at radius 1 is 1.22 bits per heavy atom. The van der Waals surface area contributed by atoms with Gasteiger partial charge in [-0.1, -0.05) is 24.3 Å². The lowest BCUT2D eigenvalue weighted by Crippen LogP contribution is -2.24. The van der Waals surface area contributed by atoms with Gasteiger partial charge in [0.1, 0.15) is 17.9 Å². The number of amides is 1. The van der Waals surface area contributed by atoms with Crippen LogP contribution in [0.15, 0.2) is 54.9 Å². The van der Waals surface area contributed by atoms with Crippen LogP contribution >= 0.6 is 0 Å². The number of aliphatic hydroxyl groups is 1. The van der Waals surface area contributed by atoms with Gasteiger partial charge in [-0.3, -0.25) is 4.79 Å². The lowest BCUT2D eigenvalue weighted by atomic mass is 10.1.